The maximum Gasteiger partial charge on any atom is 0.410 e. The lowest BCUT2D eigenvalue weighted by Gasteiger charge is -2.28. The molecule has 0 unspecified atom stereocenters. The fraction of sp³-hybridized carbons (Fsp3) is 0.414. The van der Waals surface area contributed by atoms with Gasteiger partial charge in [0.25, 0.3) is 0 Å². The summed E-state index contributed by atoms with van der Waals surface area (Å²) in [5.74, 6) is -1.37. The smallest absolute Gasteiger partial charge is 0.410 e. The zero-order valence-corrected chi connectivity index (χ0v) is 23.5. The van der Waals surface area contributed by atoms with Crippen LogP contribution in [0.25, 0.3) is 0 Å². The van der Waals surface area contributed by atoms with Crippen LogP contribution in [0.2, 0.25) is 0 Å². The van der Waals surface area contributed by atoms with Crippen LogP contribution in [0.3, 0.4) is 0 Å². The van der Waals surface area contributed by atoms with Crippen molar-refractivity contribution >= 4 is 29.7 Å². The van der Waals surface area contributed by atoms with Crippen LogP contribution in [0, 0.1) is 0 Å². The number of likely N-dealkylation sites (tertiary alicyclic amines) is 1. The standard InChI is InChI=1S/C29H37N5O6/c1-18(26(36)31-16-20-11-13-22(14-12-20)25(30)33-40-19(2)35)32-27(37)24-15-23(21-9-7-6-8-10-21)17-34(24)28(38)39-29(3,4)5/h6-14,18,23-24H,15-17H2,1-5H3,(H2,30,33)(H,31,36)(H,32,37)/t18-,23-,24+/m0/s1. The zero-order valence-electron chi connectivity index (χ0n) is 23.5. The maximum atomic E-state index is 13.3. The van der Waals surface area contributed by atoms with Crippen molar-refractivity contribution < 1.29 is 28.8 Å². The SMILES string of the molecule is CC(=O)O/N=C(\N)c1ccc(CNC(=O)[C@H](C)NC(=O)[C@H]2C[C@H](c3ccccc3)CN2C(=O)OC(C)(C)C)cc1. The molecule has 3 rings (SSSR count). The molecule has 2 aromatic rings. The van der Waals surface area contributed by atoms with E-state index in [1.807, 2.05) is 30.3 Å². The lowest BCUT2D eigenvalue weighted by molar-refractivity contribution is -0.141. The number of oxime groups is 1. The first kappa shape index (κ1) is 30.1. The molecule has 0 saturated carbocycles. The van der Waals surface area contributed by atoms with Crippen molar-refractivity contribution in [3.63, 3.8) is 0 Å². The van der Waals surface area contributed by atoms with Gasteiger partial charge in [-0.15, -0.1) is 0 Å². The molecule has 0 aromatic heterocycles. The normalized spacial score (nSPS) is 18.0. The third-order valence-corrected chi connectivity index (χ3v) is 6.24. The van der Waals surface area contributed by atoms with Gasteiger partial charge in [0, 0.05) is 31.5 Å². The molecule has 1 fully saturated rings. The molecule has 214 valence electrons. The Balaban J connectivity index is 1.60. The topological polar surface area (TPSA) is 152 Å². The van der Waals surface area contributed by atoms with E-state index in [4.69, 9.17) is 10.5 Å². The van der Waals surface area contributed by atoms with Crippen molar-refractivity contribution in [3.05, 3.63) is 71.3 Å². The molecule has 1 saturated heterocycles. The summed E-state index contributed by atoms with van der Waals surface area (Å²) in [6, 6.07) is 15.0. The minimum atomic E-state index is -0.838. The third kappa shape index (κ3) is 8.55. The molecule has 11 nitrogen and oxygen atoms in total. The number of benzene rings is 2. The second-order valence-corrected chi connectivity index (χ2v) is 10.7. The van der Waals surface area contributed by atoms with Gasteiger partial charge in [0.1, 0.15) is 17.7 Å². The summed E-state index contributed by atoms with van der Waals surface area (Å²) >= 11 is 0. The van der Waals surface area contributed by atoms with Gasteiger partial charge in [-0.3, -0.25) is 14.5 Å². The minimum absolute atomic E-state index is 0.0373. The number of nitrogens with one attached hydrogen (secondary N) is 2. The quantitative estimate of drug-likeness (QED) is 0.197. The average Bonchev–Trinajstić information content (AvgIpc) is 3.36. The van der Waals surface area contributed by atoms with Gasteiger partial charge in [0.15, 0.2) is 5.84 Å². The number of ether oxygens (including phenoxy) is 1. The van der Waals surface area contributed by atoms with Gasteiger partial charge in [0.05, 0.1) is 0 Å². The van der Waals surface area contributed by atoms with Crippen LogP contribution in [-0.2, 0) is 30.5 Å². The Labute approximate surface area is 234 Å². The van der Waals surface area contributed by atoms with Crippen LogP contribution in [0.1, 0.15) is 63.6 Å². The first-order valence-corrected chi connectivity index (χ1v) is 13.1. The van der Waals surface area contributed by atoms with E-state index in [2.05, 4.69) is 20.6 Å². The second-order valence-electron chi connectivity index (χ2n) is 10.7. The average molecular weight is 552 g/mol. The lowest BCUT2D eigenvalue weighted by Crippen LogP contribution is -2.52. The van der Waals surface area contributed by atoms with Crippen molar-refractivity contribution in [3.8, 4) is 0 Å². The number of rotatable bonds is 8. The number of carbonyl (C=O) groups is 4. The molecule has 3 atom stereocenters. The van der Waals surface area contributed by atoms with Crippen LogP contribution >= 0.6 is 0 Å². The Morgan fingerprint density at radius 1 is 1.07 bits per heavy atom. The molecule has 0 radical (unpaired) electrons. The monoisotopic (exact) mass is 551 g/mol. The van der Waals surface area contributed by atoms with Crippen molar-refractivity contribution in [1.29, 1.82) is 0 Å². The van der Waals surface area contributed by atoms with Gasteiger partial charge in [-0.1, -0.05) is 59.8 Å². The Bertz CT molecular complexity index is 1240. The Morgan fingerprint density at radius 3 is 2.33 bits per heavy atom. The van der Waals surface area contributed by atoms with Crippen LogP contribution in [-0.4, -0.2) is 58.8 Å². The molecular formula is C29H37N5O6. The highest BCUT2D eigenvalue weighted by atomic mass is 16.7. The molecule has 0 spiro atoms. The highest BCUT2D eigenvalue weighted by Gasteiger charge is 2.42. The first-order valence-electron chi connectivity index (χ1n) is 13.1. The van der Waals surface area contributed by atoms with Gasteiger partial charge in [0.2, 0.25) is 11.8 Å². The maximum absolute atomic E-state index is 13.3. The zero-order chi connectivity index (χ0) is 29.4. The summed E-state index contributed by atoms with van der Waals surface area (Å²) in [5, 5.41) is 9.08. The van der Waals surface area contributed by atoms with Crippen LogP contribution in [0.5, 0.6) is 0 Å². The second kappa shape index (κ2) is 13.1. The highest BCUT2D eigenvalue weighted by Crippen LogP contribution is 2.33. The molecule has 0 bridgehead atoms. The van der Waals surface area contributed by atoms with Crippen molar-refractivity contribution in [2.45, 2.75) is 71.2 Å². The van der Waals surface area contributed by atoms with E-state index >= 15 is 0 Å². The molecule has 3 amide bonds. The molecule has 1 aliphatic rings. The van der Waals surface area contributed by atoms with E-state index in [9.17, 15) is 19.2 Å². The number of hydrogen-bond donors (Lipinski definition) is 3. The molecular weight excluding hydrogens is 514 g/mol. The molecule has 4 N–H and O–H groups in total. The third-order valence-electron chi connectivity index (χ3n) is 6.24. The van der Waals surface area contributed by atoms with E-state index in [1.165, 1.54) is 11.8 Å². The minimum Gasteiger partial charge on any atom is -0.444 e. The Hall–Kier alpha value is -4.41. The van der Waals surface area contributed by atoms with Crippen molar-refractivity contribution in [2.75, 3.05) is 6.54 Å². The summed E-state index contributed by atoms with van der Waals surface area (Å²) in [4.78, 5) is 55.9. The van der Waals surface area contributed by atoms with E-state index < -0.39 is 35.7 Å². The van der Waals surface area contributed by atoms with E-state index in [-0.39, 0.29) is 24.2 Å². The number of nitrogens with zero attached hydrogens (tertiary/aromatic N) is 2. The lowest BCUT2D eigenvalue weighted by atomic mass is 9.96. The molecule has 1 heterocycles. The van der Waals surface area contributed by atoms with E-state index in [0.29, 0.717) is 18.5 Å². The fourth-order valence-electron chi connectivity index (χ4n) is 4.25. The molecule has 2 aromatic carbocycles. The molecule has 11 heteroatoms. The van der Waals surface area contributed by atoms with Gasteiger partial charge in [-0.25, -0.2) is 9.59 Å². The molecule has 0 aliphatic carbocycles. The number of nitrogens with two attached hydrogens (primary N) is 1. The largest absolute Gasteiger partial charge is 0.444 e. The summed E-state index contributed by atoms with van der Waals surface area (Å²) < 4.78 is 5.56. The van der Waals surface area contributed by atoms with Crippen molar-refractivity contribution in [1.82, 2.24) is 15.5 Å². The van der Waals surface area contributed by atoms with E-state index in [0.717, 1.165) is 11.1 Å². The fourth-order valence-corrected chi connectivity index (χ4v) is 4.25. The highest BCUT2D eigenvalue weighted by molar-refractivity contribution is 5.97. The predicted octanol–water partition coefficient (Wildman–Crippen LogP) is 2.78. The number of carbonyl (C=O) groups excluding carboxylic acids is 4. The van der Waals surface area contributed by atoms with E-state index in [1.54, 1.807) is 52.0 Å². The van der Waals surface area contributed by atoms with Gasteiger partial charge >= 0.3 is 12.1 Å². The Kier molecular flexibility index (Phi) is 9.87. The van der Waals surface area contributed by atoms with Gasteiger partial charge < -0.3 is 25.9 Å². The Morgan fingerprint density at radius 2 is 1.73 bits per heavy atom. The van der Waals surface area contributed by atoms with Crippen LogP contribution in [0.15, 0.2) is 59.8 Å². The summed E-state index contributed by atoms with van der Waals surface area (Å²) in [5.41, 5.74) is 7.44. The summed E-state index contributed by atoms with van der Waals surface area (Å²) in [7, 11) is 0. The number of amidine groups is 1. The first-order chi connectivity index (χ1) is 18.8. The summed E-state index contributed by atoms with van der Waals surface area (Å²) in [6.45, 7) is 8.68. The predicted molar refractivity (Wildman–Crippen MR) is 149 cm³/mol. The van der Waals surface area contributed by atoms with Crippen molar-refractivity contribution in [2.24, 2.45) is 10.9 Å². The molecule has 40 heavy (non-hydrogen) atoms. The number of hydrogen-bond acceptors (Lipinski definition) is 7. The summed E-state index contributed by atoms with van der Waals surface area (Å²) in [6.07, 6.45) is -0.148. The number of amides is 3. The van der Waals surface area contributed by atoms with Crippen LogP contribution in [0.4, 0.5) is 4.79 Å². The van der Waals surface area contributed by atoms with Crippen LogP contribution < -0.4 is 16.4 Å². The van der Waals surface area contributed by atoms with Gasteiger partial charge in [-0.05, 0) is 45.2 Å². The van der Waals surface area contributed by atoms with Gasteiger partial charge in [-0.2, -0.15) is 0 Å². The molecule has 1 aliphatic heterocycles.